The van der Waals surface area contributed by atoms with Crippen LogP contribution in [0.5, 0.6) is 0 Å². The number of likely N-dealkylation sites (N-methyl/N-ethyl adjacent to an activating group) is 1. The maximum absolute atomic E-state index is 13.6. The maximum Gasteiger partial charge on any atom is 0.280 e. The number of aromatic amines is 1. The van der Waals surface area contributed by atoms with E-state index in [9.17, 15) is 4.79 Å². The third-order valence-corrected chi connectivity index (χ3v) is 7.93. The van der Waals surface area contributed by atoms with Crippen LogP contribution >= 0.6 is 0 Å². The fourth-order valence-corrected chi connectivity index (χ4v) is 5.83. The molecule has 0 spiro atoms. The minimum atomic E-state index is -0.268. The molecular formula is C29H36N8O. The van der Waals surface area contributed by atoms with Gasteiger partial charge in [-0.1, -0.05) is 19.3 Å². The lowest BCUT2D eigenvalue weighted by molar-refractivity contribution is 0.0996. The van der Waals surface area contributed by atoms with Crippen molar-refractivity contribution >= 4 is 22.6 Å². The molecule has 4 aromatic rings. The summed E-state index contributed by atoms with van der Waals surface area (Å²) in [7, 11) is 4.05. The number of rotatable bonds is 4. The Morgan fingerprint density at radius 3 is 2.55 bits per heavy atom. The molecule has 4 heterocycles. The molecule has 1 N–H and O–H groups in total. The Kier molecular flexibility index (Phi) is 6.61. The van der Waals surface area contributed by atoms with Gasteiger partial charge in [0.1, 0.15) is 0 Å². The van der Waals surface area contributed by atoms with Gasteiger partial charge in [-0.05, 0) is 57.1 Å². The lowest BCUT2D eigenvalue weighted by Crippen LogP contribution is -2.44. The molecule has 38 heavy (non-hydrogen) atoms. The van der Waals surface area contributed by atoms with Gasteiger partial charge in [0.15, 0.2) is 0 Å². The van der Waals surface area contributed by atoms with Crippen LogP contribution in [-0.2, 0) is 7.05 Å². The highest BCUT2D eigenvalue weighted by atomic mass is 16.1. The molecule has 0 bridgehead atoms. The van der Waals surface area contributed by atoms with Gasteiger partial charge in [-0.25, -0.2) is 0 Å². The zero-order valence-electron chi connectivity index (χ0n) is 22.5. The van der Waals surface area contributed by atoms with Gasteiger partial charge in [-0.3, -0.25) is 14.5 Å². The number of nitrogens with one attached hydrogen (secondary N) is 1. The molecule has 1 saturated heterocycles. The van der Waals surface area contributed by atoms with Gasteiger partial charge in [-0.15, -0.1) is 0 Å². The Labute approximate surface area is 222 Å². The van der Waals surface area contributed by atoms with Crippen LogP contribution in [0.15, 0.2) is 47.7 Å². The second kappa shape index (κ2) is 10.2. The SMILES string of the molecule is Cc1cc(C(=O)/N=c2\[nH]c3ccc(N4CCN(C)CC4)cc3n2C2CCCCC2)cc(-c2cnn(C)c2)n1. The van der Waals surface area contributed by atoms with Gasteiger partial charge in [0.2, 0.25) is 5.62 Å². The first-order valence-corrected chi connectivity index (χ1v) is 13.7. The molecule has 6 rings (SSSR count). The number of aromatic nitrogens is 5. The Balaban J connectivity index is 1.42. The van der Waals surface area contributed by atoms with Crippen molar-refractivity contribution in [2.24, 2.45) is 12.0 Å². The predicted octanol–water partition coefficient (Wildman–Crippen LogP) is 4.07. The van der Waals surface area contributed by atoms with E-state index < -0.39 is 0 Å². The van der Waals surface area contributed by atoms with Crippen LogP contribution < -0.4 is 10.5 Å². The normalized spacial score (nSPS) is 18.0. The summed E-state index contributed by atoms with van der Waals surface area (Å²) in [6.45, 7) is 6.07. The van der Waals surface area contributed by atoms with Crippen LogP contribution in [0.4, 0.5) is 5.69 Å². The molecule has 9 nitrogen and oxygen atoms in total. The summed E-state index contributed by atoms with van der Waals surface area (Å²) in [5.41, 5.74) is 6.92. The first-order valence-electron chi connectivity index (χ1n) is 13.7. The van der Waals surface area contributed by atoms with E-state index in [1.165, 1.54) is 24.9 Å². The highest BCUT2D eigenvalue weighted by Gasteiger charge is 2.22. The third kappa shape index (κ3) is 4.90. The number of benzene rings is 1. The van der Waals surface area contributed by atoms with Gasteiger partial charge in [0.05, 0.1) is 22.9 Å². The number of nitrogens with zero attached hydrogens (tertiary/aromatic N) is 7. The van der Waals surface area contributed by atoms with E-state index in [0.29, 0.717) is 17.2 Å². The molecule has 1 amide bonds. The lowest BCUT2D eigenvalue weighted by atomic mass is 9.95. The number of fused-ring (bicyclic) bond motifs is 1. The summed E-state index contributed by atoms with van der Waals surface area (Å²) in [5.74, 6) is -0.268. The molecule has 1 aliphatic heterocycles. The zero-order chi connectivity index (χ0) is 26.2. The van der Waals surface area contributed by atoms with Gasteiger partial charge in [-0.2, -0.15) is 10.1 Å². The molecule has 198 valence electrons. The number of H-pyrrole nitrogens is 1. The van der Waals surface area contributed by atoms with E-state index in [1.807, 2.05) is 32.3 Å². The highest BCUT2D eigenvalue weighted by molar-refractivity contribution is 5.96. The second-order valence-electron chi connectivity index (χ2n) is 10.8. The van der Waals surface area contributed by atoms with Gasteiger partial charge < -0.3 is 19.4 Å². The molecular weight excluding hydrogens is 476 g/mol. The molecule has 2 fully saturated rings. The van der Waals surface area contributed by atoms with Crippen molar-refractivity contribution in [2.45, 2.75) is 45.1 Å². The summed E-state index contributed by atoms with van der Waals surface area (Å²) < 4.78 is 4.03. The number of hydrogen-bond acceptors (Lipinski definition) is 5. The van der Waals surface area contributed by atoms with Crippen molar-refractivity contribution in [1.29, 1.82) is 0 Å². The number of pyridine rings is 1. The van der Waals surface area contributed by atoms with Crippen LogP contribution in [0.25, 0.3) is 22.3 Å². The Morgan fingerprint density at radius 1 is 1.03 bits per heavy atom. The first-order chi connectivity index (χ1) is 18.4. The number of hydrogen-bond donors (Lipinski definition) is 1. The van der Waals surface area contributed by atoms with E-state index in [1.54, 1.807) is 10.9 Å². The minimum Gasteiger partial charge on any atom is -0.369 e. The van der Waals surface area contributed by atoms with E-state index in [4.69, 9.17) is 0 Å². The quantitative estimate of drug-likeness (QED) is 0.445. The molecule has 9 heteroatoms. The Hall–Kier alpha value is -3.72. The zero-order valence-corrected chi connectivity index (χ0v) is 22.5. The topological polar surface area (TPSA) is 87.3 Å². The van der Waals surface area contributed by atoms with E-state index in [2.05, 4.69) is 59.7 Å². The van der Waals surface area contributed by atoms with Crippen molar-refractivity contribution in [3.05, 3.63) is 59.6 Å². The second-order valence-corrected chi connectivity index (χ2v) is 10.8. The van der Waals surface area contributed by atoms with E-state index in [0.717, 1.165) is 67.0 Å². The van der Waals surface area contributed by atoms with Crippen LogP contribution in [0, 0.1) is 6.92 Å². The van der Waals surface area contributed by atoms with Gasteiger partial charge in [0.25, 0.3) is 5.91 Å². The number of carbonyl (C=O) groups is 1. The molecule has 0 radical (unpaired) electrons. The molecule has 1 aliphatic carbocycles. The number of imidazole rings is 1. The highest BCUT2D eigenvalue weighted by Crippen LogP contribution is 2.31. The van der Waals surface area contributed by atoms with Crippen molar-refractivity contribution in [3.8, 4) is 11.3 Å². The average Bonchev–Trinajstić information content (AvgIpc) is 3.52. The van der Waals surface area contributed by atoms with Gasteiger partial charge >= 0.3 is 0 Å². The third-order valence-electron chi connectivity index (χ3n) is 7.93. The van der Waals surface area contributed by atoms with Crippen LogP contribution in [-0.4, -0.2) is 68.3 Å². The Morgan fingerprint density at radius 2 is 1.82 bits per heavy atom. The Bertz CT molecular complexity index is 1530. The van der Waals surface area contributed by atoms with Crippen LogP contribution in [0.3, 0.4) is 0 Å². The van der Waals surface area contributed by atoms with E-state index in [-0.39, 0.29) is 5.91 Å². The number of piperazine rings is 1. The molecule has 2 aliphatic rings. The van der Waals surface area contributed by atoms with E-state index >= 15 is 0 Å². The number of anilines is 1. The molecule has 0 unspecified atom stereocenters. The minimum absolute atomic E-state index is 0.268. The monoisotopic (exact) mass is 512 g/mol. The van der Waals surface area contributed by atoms with Crippen LogP contribution in [0.2, 0.25) is 0 Å². The number of amides is 1. The largest absolute Gasteiger partial charge is 0.369 e. The summed E-state index contributed by atoms with van der Waals surface area (Å²) in [5, 5.41) is 4.25. The van der Waals surface area contributed by atoms with Crippen molar-refractivity contribution in [2.75, 3.05) is 38.1 Å². The summed E-state index contributed by atoms with van der Waals surface area (Å²) in [6.07, 6.45) is 9.55. The standard InChI is InChI=1S/C29H36N8O/c1-20-15-21(16-26(31-20)22-18-30-35(3)19-22)28(38)33-29-32-25-10-9-24(36-13-11-34(2)12-14-36)17-27(25)37(29)23-7-5-4-6-8-23/h9-10,15-19,23H,4-8,11-14H2,1-3H3,(H,32,33,38). The molecule has 1 aromatic carbocycles. The molecule has 0 atom stereocenters. The van der Waals surface area contributed by atoms with Crippen molar-refractivity contribution in [1.82, 2.24) is 29.2 Å². The predicted molar refractivity (Wildman–Crippen MR) is 149 cm³/mol. The summed E-state index contributed by atoms with van der Waals surface area (Å²) in [6, 6.07) is 10.6. The van der Waals surface area contributed by atoms with Crippen molar-refractivity contribution < 1.29 is 4.79 Å². The molecule has 3 aromatic heterocycles. The summed E-state index contributed by atoms with van der Waals surface area (Å²) >= 11 is 0. The maximum atomic E-state index is 13.6. The van der Waals surface area contributed by atoms with Crippen molar-refractivity contribution in [3.63, 3.8) is 0 Å². The van der Waals surface area contributed by atoms with Crippen LogP contribution in [0.1, 0.15) is 54.2 Å². The average molecular weight is 513 g/mol. The summed E-state index contributed by atoms with van der Waals surface area (Å²) in [4.78, 5) is 31.2. The number of aryl methyl sites for hydroxylation is 2. The number of carbonyl (C=O) groups excluding carboxylic acids is 1. The fourth-order valence-electron chi connectivity index (χ4n) is 5.83. The fraction of sp³-hybridized carbons (Fsp3) is 0.448. The van der Waals surface area contributed by atoms with Gasteiger partial charge in [0, 0.05) is 68.0 Å². The first kappa shape index (κ1) is 24.6. The smallest absolute Gasteiger partial charge is 0.280 e. The lowest BCUT2D eigenvalue weighted by Gasteiger charge is -2.34. The molecule has 1 saturated carbocycles.